The average molecular weight is 237 g/mol. The highest BCUT2D eigenvalue weighted by Crippen LogP contribution is 2.24. The van der Waals surface area contributed by atoms with Gasteiger partial charge in [-0.15, -0.1) is 0 Å². The van der Waals surface area contributed by atoms with Crippen LogP contribution in [0.2, 0.25) is 5.02 Å². The third kappa shape index (κ3) is 2.10. The van der Waals surface area contributed by atoms with Gasteiger partial charge >= 0.3 is 0 Å². The third-order valence-electron chi connectivity index (χ3n) is 2.48. The number of hydrogen-bond acceptors (Lipinski definition) is 2. The standard InChI is InChI=1S/C12H13ClN2O/c1-8-5-9(7-10(13)6-8)11(16)12-14-3-4-15(12)2/h3-7,11,16H,1-2H3. The summed E-state index contributed by atoms with van der Waals surface area (Å²) in [6, 6.07) is 5.52. The fraction of sp³-hybridized carbons (Fsp3) is 0.250. The predicted octanol–water partition coefficient (Wildman–Crippen LogP) is 2.46. The van der Waals surface area contributed by atoms with Crippen LogP contribution in [-0.4, -0.2) is 14.7 Å². The van der Waals surface area contributed by atoms with Gasteiger partial charge < -0.3 is 9.67 Å². The zero-order chi connectivity index (χ0) is 11.7. The number of aliphatic hydroxyl groups is 1. The third-order valence-corrected chi connectivity index (χ3v) is 2.70. The van der Waals surface area contributed by atoms with Crippen LogP contribution in [0.25, 0.3) is 0 Å². The molecule has 1 aromatic heterocycles. The van der Waals surface area contributed by atoms with Gasteiger partial charge in [0.2, 0.25) is 0 Å². The Kier molecular flexibility index (Phi) is 2.99. The molecule has 0 bridgehead atoms. The molecule has 4 heteroatoms. The molecule has 1 heterocycles. The molecule has 0 aliphatic carbocycles. The Balaban J connectivity index is 2.41. The highest BCUT2D eigenvalue weighted by molar-refractivity contribution is 6.30. The van der Waals surface area contributed by atoms with Gasteiger partial charge in [-0.1, -0.05) is 17.7 Å². The van der Waals surface area contributed by atoms with Crippen LogP contribution < -0.4 is 0 Å². The number of imidazole rings is 1. The minimum absolute atomic E-state index is 0.613. The van der Waals surface area contributed by atoms with Crippen molar-refractivity contribution in [2.45, 2.75) is 13.0 Å². The molecule has 0 saturated carbocycles. The zero-order valence-electron chi connectivity index (χ0n) is 9.18. The van der Waals surface area contributed by atoms with Crippen molar-refractivity contribution in [1.29, 1.82) is 0 Å². The molecule has 1 N–H and O–H groups in total. The molecule has 0 fully saturated rings. The number of rotatable bonds is 2. The van der Waals surface area contributed by atoms with E-state index in [0.29, 0.717) is 10.8 Å². The van der Waals surface area contributed by atoms with Crippen LogP contribution >= 0.6 is 11.6 Å². The lowest BCUT2D eigenvalue weighted by Gasteiger charge is -2.12. The monoisotopic (exact) mass is 236 g/mol. The van der Waals surface area contributed by atoms with Crippen LogP contribution in [0.4, 0.5) is 0 Å². The van der Waals surface area contributed by atoms with Crippen molar-refractivity contribution in [2.24, 2.45) is 7.05 Å². The number of aliphatic hydroxyl groups excluding tert-OH is 1. The minimum Gasteiger partial charge on any atom is -0.380 e. The van der Waals surface area contributed by atoms with Crippen molar-refractivity contribution in [3.8, 4) is 0 Å². The molecule has 0 saturated heterocycles. The van der Waals surface area contributed by atoms with Crippen LogP contribution in [0.15, 0.2) is 30.6 Å². The molecular formula is C12H13ClN2O. The van der Waals surface area contributed by atoms with Crippen LogP contribution in [0.1, 0.15) is 23.1 Å². The van der Waals surface area contributed by atoms with E-state index < -0.39 is 6.10 Å². The summed E-state index contributed by atoms with van der Waals surface area (Å²) in [5.74, 6) is 0.613. The van der Waals surface area contributed by atoms with Crippen molar-refractivity contribution in [3.63, 3.8) is 0 Å². The van der Waals surface area contributed by atoms with Crippen molar-refractivity contribution < 1.29 is 5.11 Å². The van der Waals surface area contributed by atoms with Crippen LogP contribution in [-0.2, 0) is 7.05 Å². The molecule has 16 heavy (non-hydrogen) atoms. The second kappa shape index (κ2) is 4.28. The maximum absolute atomic E-state index is 10.2. The summed E-state index contributed by atoms with van der Waals surface area (Å²) in [5.41, 5.74) is 1.79. The highest BCUT2D eigenvalue weighted by atomic mass is 35.5. The Labute approximate surface area is 99.3 Å². The van der Waals surface area contributed by atoms with E-state index in [1.807, 2.05) is 26.1 Å². The van der Waals surface area contributed by atoms with Gasteiger partial charge in [0, 0.05) is 24.5 Å². The number of aromatic nitrogens is 2. The van der Waals surface area contributed by atoms with Gasteiger partial charge in [-0.05, 0) is 30.2 Å². The van der Waals surface area contributed by atoms with E-state index >= 15 is 0 Å². The highest BCUT2D eigenvalue weighted by Gasteiger charge is 2.15. The van der Waals surface area contributed by atoms with Gasteiger partial charge in [-0.3, -0.25) is 0 Å². The maximum Gasteiger partial charge on any atom is 0.142 e. The van der Waals surface area contributed by atoms with Crippen LogP contribution in [0.5, 0.6) is 0 Å². The summed E-state index contributed by atoms with van der Waals surface area (Å²) < 4.78 is 1.79. The summed E-state index contributed by atoms with van der Waals surface area (Å²) in [4.78, 5) is 4.12. The number of nitrogens with zero attached hydrogens (tertiary/aromatic N) is 2. The Morgan fingerprint density at radius 2 is 2.12 bits per heavy atom. The lowest BCUT2D eigenvalue weighted by atomic mass is 10.1. The van der Waals surface area contributed by atoms with E-state index in [-0.39, 0.29) is 0 Å². The van der Waals surface area contributed by atoms with Gasteiger partial charge in [0.1, 0.15) is 11.9 Å². The molecule has 0 spiro atoms. The fourth-order valence-electron chi connectivity index (χ4n) is 1.71. The molecule has 0 aliphatic rings. The predicted molar refractivity (Wildman–Crippen MR) is 63.5 cm³/mol. The zero-order valence-corrected chi connectivity index (χ0v) is 9.94. The summed E-state index contributed by atoms with van der Waals surface area (Å²) in [7, 11) is 1.85. The van der Waals surface area contributed by atoms with E-state index in [1.165, 1.54) is 0 Å². The second-order valence-electron chi connectivity index (χ2n) is 3.86. The lowest BCUT2D eigenvalue weighted by Crippen LogP contribution is -2.07. The lowest BCUT2D eigenvalue weighted by molar-refractivity contribution is 0.206. The molecule has 0 amide bonds. The SMILES string of the molecule is Cc1cc(Cl)cc(C(O)c2nccn2C)c1. The first kappa shape index (κ1) is 11.2. The Bertz CT molecular complexity index is 487. The molecule has 3 nitrogen and oxygen atoms in total. The number of hydrogen-bond donors (Lipinski definition) is 1. The van der Waals surface area contributed by atoms with Crippen molar-refractivity contribution in [2.75, 3.05) is 0 Å². The first-order chi connectivity index (χ1) is 7.58. The summed E-state index contributed by atoms with van der Waals surface area (Å²) >= 11 is 5.96. The van der Waals surface area contributed by atoms with E-state index in [1.54, 1.807) is 23.0 Å². The van der Waals surface area contributed by atoms with Gasteiger partial charge in [0.15, 0.2) is 0 Å². The molecule has 0 aliphatic heterocycles. The Morgan fingerprint density at radius 1 is 1.38 bits per heavy atom. The fourth-order valence-corrected chi connectivity index (χ4v) is 2.01. The molecule has 2 rings (SSSR count). The molecule has 84 valence electrons. The number of aryl methyl sites for hydroxylation is 2. The number of benzene rings is 1. The van der Waals surface area contributed by atoms with Crippen LogP contribution in [0, 0.1) is 6.92 Å². The van der Waals surface area contributed by atoms with Gasteiger partial charge in [-0.2, -0.15) is 0 Å². The molecule has 1 aromatic carbocycles. The molecular weight excluding hydrogens is 224 g/mol. The van der Waals surface area contributed by atoms with Gasteiger partial charge in [0.05, 0.1) is 0 Å². The van der Waals surface area contributed by atoms with E-state index in [2.05, 4.69) is 4.98 Å². The minimum atomic E-state index is -0.739. The summed E-state index contributed by atoms with van der Waals surface area (Å²) in [6.45, 7) is 1.94. The quantitative estimate of drug-likeness (QED) is 0.870. The second-order valence-corrected chi connectivity index (χ2v) is 4.30. The van der Waals surface area contributed by atoms with Crippen molar-refractivity contribution in [3.05, 3.63) is 52.6 Å². The van der Waals surface area contributed by atoms with E-state index in [0.717, 1.165) is 11.1 Å². The van der Waals surface area contributed by atoms with Crippen molar-refractivity contribution >= 4 is 11.6 Å². The molecule has 0 radical (unpaired) electrons. The Hall–Kier alpha value is -1.32. The average Bonchev–Trinajstić information content (AvgIpc) is 2.62. The summed E-state index contributed by atoms with van der Waals surface area (Å²) in [5, 5.41) is 10.8. The normalized spacial score (nSPS) is 12.8. The van der Waals surface area contributed by atoms with E-state index in [4.69, 9.17) is 11.6 Å². The number of halogens is 1. The Morgan fingerprint density at radius 3 is 2.69 bits per heavy atom. The molecule has 1 unspecified atom stereocenters. The first-order valence-electron chi connectivity index (χ1n) is 5.00. The maximum atomic E-state index is 10.2. The topological polar surface area (TPSA) is 38.1 Å². The van der Waals surface area contributed by atoms with Crippen molar-refractivity contribution in [1.82, 2.24) is 9.55 Å². The van der Waals surface area contributed by atoms with Gasteiger partial charge in [0.25, 0.3) is 0 Å². The molecule has 1 atom stereocenters. The summed E-state index contributed by atoms with van der Waals surface area (Å²) in [6.07, 6.45) is 2.73. The van der Waals surface area contributed by atoms with Crippen LogP contribution in [0.3, 0.4) is 0 Å². The smallest absolute Gasteiger partial charge is 0.142 e. The molecule has 2 aromatic rings. The van der Waals surface area contributed by atoms with E-state index in [9.17, 15) is 5.11 Å². The first-order valence-corrected chi connectivity index (χ1v) is 5.38. The van der Waals surface area contributed by atoms with Gasteiger partial charge in [-0.25, -0.2) is 4.98 Å². The largest absolute Gasteiger partial charge is 0.380 e.